The van der Waals surface area contributed by atoms with Gasteiger partial charge in [0.15, 0.2) is 0 Å². The molecule has 1 fully saturated rings. The van der Waals surface area contributed by atoms with E-state index in [0.29, 0.717) is 5.92 Å². The van der Waals surface area contributed by atoms with Crippen molar-refractivity contribution in [2.75, 3.05) is 13.1 Å². The fraction of sp³-hybridized carbons (Fsp3) is 0.316. The van der Waals surface area contributed by atoms with E-state index in [2.05, 4.69) is 74.0 Å². The number of hydrogen-bond acceptors (Lipinski definition) is 2. The summed E-state index contributed by atoms with van der Waals surface area (Å²) in [6, 6.07) is 15.0. The smallest absolute Gasteiger partial charge is 0.137 e. The van der Waals surface area contributed by atoms with Crippen molar-refractivity contribution in [3.63, 3.8) is 0 Å². The fourth-order valence-corrected chi connectivity index (χ4v) is 3.82. The van der Waals surface area contributed by atoms with Gasteiger partial charge < -0.3 is 4.40 Å². The van der Waals surface area contributed by atoms with Crippen molar-refractivity contribution in [1.29, 1.82) is 0 Å². The number of imidazole rings is 1. The molecular weight excluding hydrogens is 350 g/mol. The molecule has 0 N–H and O–H groups in total. The predicted octanol–water partition coefficient (Wildman–Crippen LogP) is 4.48. The van der Waals surface area contributed by atoms with Gasteiger partial charge >= 0.3 is 0 Å². The van der Waals surface area contributed by atoms with Gasteiger partial charge in [0.2, 0.25) is 0 Å². The van der Waals surface area contributed by atoms with Crippen LogP contribution in [-0.4, -0.2) is 27.4 Å². The lowest BCUT2D eigenvalue weighted by Gasteiger charge is -2.31. The van der Waals surface area contributed by atoms with Crippen LogP contribution in [-0.2, 0) is 6.54 Å². The van der Waals surface area contributed by atoms with Crippen LogP contribution < -0.4 is 0 Å². The number of benzene rings is 1. The first-order chi connectivity index (χ1) is 11.3. The highest BCUT2D eigenvalue weighted by molar-refractivity contribution is 9.10. The summed E-state index contributed by atoms with van der Waals surface area (Å²) in [7, 11) is 0. The van der Waals surface area contributed by atoms with Crippen LogP contribution in [0.5, 0.6) is 0 Å². The molecule has 23 heavy (non-hydrogen) atoms. The maximum Gasteiger partial charge on any atom is 0.137 e. The molecule has 0 unspecified atom stereocenters. The van der Waals surface area contributed by atoms with Crippen molar-refractivity contribution in [3.8, 4) is 0 Å². The van der Waals surface area contributed by atoms with Gasteiger partial charge in [0, 0.05) is 23.4 Å². The molecule has 1 aliphatic rings. The fourth-order valence-electron chi connectivity index (χ4n) is 3.47. The molecule has 0 saturated carbocycles. The first-order valence-electron chi connectivity index (χ1n) is 8.18. The van der Waals surface area contributed by atoms with E-state index >= 15 is 0 Å². The number of halogens is 1. The van der Waals surface area contributed by atoms with Gasteiger partial charge in [-0.2, -0.15) is 0 Å². The highest BCUT2D eigenvalue weighted by Crippen LogP contribution is 2.28. The minimum Gasteiger partial charge on any atom is -0.306 e. The van der Waals surface area contributed by atoms with Gasteiger partial charge in [-0.15, -0.1) is 0 Å². The maximum absolute atomic E-state index is 4.73. The number of fused-ring (bicyclic) bond motifs is 1. The summed E-state index contributed by atoms with van der Waals surface area (Å²) in [5, 5.41) is 0. The molecule has 0 bridgehead atoms. The van der Waals surface area contributed by atoms with Crippen LogP contribution in [0, 0.1) is 0 Å². The van der Waals surface area contributed by atoms with Crippen molar-refractivity contribution in [1.82, 2.24) is 14.3 Å². The van der Waals surface area contributed by atoms with E-state index in [9.17, 15) is 0 Å². The summed E-state index contributed by atoms with van der Waals surface area (Å²) in [5.74, 6) is 0.712. The zero-order chi connectivity index (χ0) is 15.6. The van der Waals surface area contributed by atoms with Crippen molar-refractivity contribution in [2.24, 2.45) is 0 Å². The molecule has 3 nitrogen and oxygen atoms in total. The lowest BCUT2D eigenvalue weighted by atomic mass is 9.89. The Morgan fingerprint density at radius 3 is 2.57 bits per heavy atom. The van der Waals surface area contributed by atoms with Crippen LogP contribution in [0.15, 0.2) is 59.3 Å². The lowest BCUT2D eigenvalue weighted by Crippen LogP contribution is -2.32. The van der Waals surface area contributed by atoms with E-state index in [1.165, 1.54) is 18.4 Å². The normalized spacial score (nSPS) is 16.9. The van der Waals surface area contributed by atoms with Crippen molar-refractivity contribution in [2.45, 2.75) is 25.3 Å². The number of pyridine rings is 1. The summed E-state index contributed by atoms with van der Waals surface area (Å²) in [5.41, 5.74) is 3.66. The number of hydrogen-bond donors (Lipinski definition) is 0. The Hall–Kier alpha value is -1.65. The third-order valence-electron chi connectivity index (χ3n) is 4.71. The number of nitrogens with zero attached hydrogens (tertiary/aromatic N) is 3. The van der Waals surface area contributed by atoms with Gasteiger partial charge in [-0.25, -0.2) is 4.98 Å². The quantitative estimate of drug-likeness (QED) is 0.678. The number of rotatable bonds is 3. The molecule has 118 valence electrons. The largest absolute Gasteiger partial charge is 0.306 e. The van der Waals surface area contributed by atoms with Crippen molar-refractivity contribution < 1.29 is 0 Å². The van der Waals surface area contributed by atoms with Gasteiger partial charge in [0.05, 0.1) is 5.69 Å². The van der Waals surface area contributed by atoms with Crippen LogP contribution in [0.25, 0.3) is 5.65 Å². The van der Waals surface area contributed by atoms with E-state index in [-0.39, 0.29) is 0 Å². The van der Waals surface area contributed by atoms with Crippen LogP contribution >= 0.6 is 15.9 Å². The van der Waals surface area contributed by atoms with E-state index in [0.717, 1.165) is 35.4 Å². The van der Waals surface area contributed by atoms with Crippen molar-refractivity contribution in [3.05, 3.63) is 70.6 Å². The molecule has 3 aromatic rings. The van der Waals surface area contributed by atoms with Crippen LogP contribution in [0.1, 0.15) is 30.0 Å². The molecule has 0 aliphatic carbocycles. The first kappa shape index (κ1) is 14.9. The van der Waals surface area contributed by atoms with Gasteiger partial charge in [0.1, 0.15) is 5.65 Å². The number of aromatic nitrogens is 2. The standard InChI is InChI=1S/C19H20BrN3/c20-17-6-7-19-21-18(14-23(19)12-17)13-22-10-8-16(9-11-22)15-4-2-1-3-5-15/h1-7,12,14,16H,8-11,13H2. The van der Waals surface area contributed by atoms with Crippen LogP contribution in [0.3, 0.4) is 0 Å². The molecule has 4 heteroatoms. The maximum atomic E-state index is 4.73. The van der Waals surface area contributed by atoms with Gasteiger partial charge in [0.25, 0.3) is 0 Å². The average molecular weight is 370 g/mol. The van der Waals surface area contributed by atoms with Crippen molar-refractivity contribution >= 4 is 21.6 Å². The molecule has 0 radical (unpaired) electrons. The van der Waals surface area contributed by atoms with Gasteiger partial charge in [-0.1, -0.05) is 30.3 Å². The Morgan fingerprint density at radius 2 is 1.78 bits per heavy atom. The molecule has 0 spiro atoms. The summed E-state index contributed by atoms with van der Waals surface area (Å²) in [6.45, 7) is 3.25. The van der Waals surface area contributed by atoms with Crippen LogP contribution in [0.4, 0.5) is 0 Å². The summed E-state index contributed by atoms with van der Waals surface area (Å²) in [4.78, 5) is 7.25. The second kappa shape index (κ2) is 6.46. The minimum absolute atomic E-state index is 0.712. The molecule has 1 aliphatic heterocycles. The summed E-state index contributed by atoms with van der Waals surface area (Å²) in [6.07, 6.45) is 6.68. The third-order valence-corrected chi connectivity index (χ3v) is 5.18. The predicted molar refractivity (Wildman–Crippen MR) is 96.6 cm³/mol. The highest BCUT2D eigenvalue weighted by atomic mass is 79.9. The Kier molecular flexibility index (Phi) is 4.19. The van der Waals surface area contributed by atoms with E-state index in [4.69, 9.17) is 4.98 Å². The molecule has 3 heterocycles. The second-order valence-corrected chi connectivity index (χ2v) is 7.22. The Bertz CT molecular complexity index is 789. The van der Waals surface area contributed by atoms with Gasteiger partial charge in [-0.3, -0.25) is 4.90 Å². The molecule has 2 aromatic heterocycles. The van der Waals surface area contributed by atoms with E-state index < -0.39 is 0 Å². The molecular formula is C19H20BrN3. The van der Waals surface area contributed by atoms with Crippen LogP contribution in [0.2, 0.25) is 0 Å². The molecule has 0 atom stereocenters. The topological polar surface area (TPSA) is 20.5 Å². The zero-order valence-corrected chi connectivity index (χ0v) is 14.6. The lowest BCUT2D eigenvalue weighted by molar-refractivity contribution is 0.203. The molecule has 1 aromatic carbocycles. The number of piperidine rings is 1. The highest BCUT2D eigenvalue weighted by Gasteiger charge is 2.21. The third kappa shape index (κ3) is 3.33. The Morgan fingerprint density at radius 1 is 1.00 bits per heavy atom. The monoisotopic (exact) mass is 369 g/mol. The Balaban J connectivity index is 1.40. The number of likely N-dealkylation sites (tertiary alicyclic amines) is 1. The Labute approximate surface area is 145 Å². The minimum atomic E-state index is 0.712. The second-order valence-electron chi connectivity index (χ2n) is 6.31. The molecule has 0 amide bonds. The summed E-state index contributed by atoms with van der Waals surface area (Å²) < 4.78 is 3.17. The SMILES string of the molecule is Brc1ccc2nc(CN3CCC(c4ccccc4)CC3)cn2c1. The van der Waals surface area contributed by atoms with E-state index in [1.807, 2.05) is 6.07 Å². The summed E-state index contributed by atoms with van der Waals surface area (Å²) >= 11 is 3.51. The zero-order valence-electron chi connectivity index (χ0n) is 13.0. The first-order valence-corrected chi connectivity index (χ1v) is 8.98. The molecule has 1 saturated heterocycles. The van der Waals surface area contributed by atoms with Gasteiger partial charge in [-0.05, 0) is 65.5 Å². The molecule has 4 rings (SSSR count). The van der Waals surface area contributed by atoms with E-state index in [1.54, 1.807) is 0 Å². The average Bonchev–Trinajstić information content (AvgIpc) is 2.97.